The summed E-state index contributed by atoms with van der Waals surface area (Å²) >= 11 is 1.59. The fraction of sp³-hybridized carbons (Fsp3) is 0.292. The van der Waals surface area contributed by atoms with Crippen molar-refractivity contribution in [2.45, 2.75) is 32.7 Å². The standard InChI is InChI=1S/C24H26N4O2S/c1-2-30-14-8-13-28-21-12-7-6-11-20(21)26-24(28)27-22(29)16-19-17-31-23(25-19)15-18-9-4-3-5-10-18/h3-7,9-12,17H,2,8,13-16H2,1H3,(H,26,27,29). The third kappa shape index (κ3) is 5.57. The zero-order valence-electron chi connectivity index (χ0n) is 17.6. The first-order valence-electron chi connectivity index (χ1n) is 10.5. The van der Waals surface area contributed by atoms with E-state index in [0.717, 1.165) is 41.1 Å². The Kier molecular flexibility index (Phi) is 7.07. The van der Waals surface area contributed by atoms with E-state index in [1.165, 1.54) is 5.56 Å². The Morgan fingerprint density at radius 1 is 1.10 bits per heavy atom. The molecule has 0 saturated heterocycles. The van der Waals surface area contributed by atoms with E-state index in [1.54, 1.807) is 11.3 Å². The minimum Gasteiger partial charge on any atom is -0.382 e. The molecule has 0 aliphatic carbocycles. The van der Waals surface area contributed by atoms with E-state index >= 15 is 0 Å². The van der Waals surface area contributed by atoms with Gasteiger partial charge in [-0.05, 0) is 31.0 Å². The van der Waals surface area contributed by atoms with Crippen LogP contribution in [0.25, 0.3) is 11.0 Å². The fourth-order valence-corrected chi connectivity index (χ4v) is 4.31. The van der Waals surface area contributed by atoms with Gasteiger partial charge in [-0.2, -0.15) is 0 Å². The third-order valence-electron chi connectivity index (χ3n) is 4.92. The van der Waals surface area contributed by atoms with Gasteiger partial charge in [0.25, 0.3) is 0 Å². The number of thiazole rings is 1. The molecular formula is C24H26N4O2S. The molecule has 2 aromatic carbocycles. The molecule has 4 rings (SSSR count). The van der Waals surface area contributed by atoms with E-state index in [0.29, 0.717) is 19.2 Å². The molecule has 0 saturated carbocycles. The van der Waals surface area contributed by atoms with Gasteiger partial charge in [-0.15, -0.1) is 11.3 Å². The highest BCUT2D eigenvalue weighted by Gasteiger charge is 2.14. The van der Waals surface area contributed by atoms with Gasteiger partial charge < -0.3 is 9.30 Å². The number of hydrogen-bond donors (Lipinski definition) is 1. The lowest BCUT2D eigenvalue weighted by atomic mass is 10.2. The second-order valence-corrected chi connectivity index (χ2v) is 8.19. The first kappa shape index (κ1) is 21.2. The molecule has 7 heteroatoms. The van der Waals surface area contributed by atoms with E-state index in [-0.39, 0.29) is 12.3 Å². The highest BCUT2D eigenvalue weighted by Crippen LogP contribution is 2.21. The number of benzene rings is 2. The van der Waals surface area contributed by atoms with Gasteiger partial charge in [0.15, 0.2) is 0 Å². The number of carbonyl (C=O) groups is 1. The Bertz CT molecular complexity index is 1140. The molecule has 0 radical (unpaired) electrons. The third-order valence-corrected chi connectivity index (χ3v) is 5.82. The Labute approximate surface area is 185 Å². The molecule has 1 amide bonds. The lowest BCUT2D eigenvalue weighted by Gasteiger charge is -2.10. The predicted molar refractivity (Wildman–Crippen MR) is 125 cm³/mol. The van der Waals surface area contributed by atoms with E-state index in [1.807, 2.05) is 59.3 Å². The maximum Gasteiger partial charge on any atom is 0.232 e. The SMILES string of the molecule is CCOCCCn1c(NC(=O)Cc2csc(Cc3ccccc3)n2)nc2ccccc21. The molecule has 6 nitrogen and oxygen atoms in total. The molecule has 0 bridgehead atoms. The zero-order valence-corrected chi connectivity index (χ0v) is 18.4. The van der Waals surface area contributed by atoms with Gasteiger partial charge in [0.05, 0.1) is 28.2 Å². The van der Waals surface area contributed by atoms with Crippen molar-refractivity contribution in [3.8, 4) is 0 Å². The minimum atomic E-state index is -0.113. The number of ether oxygens (including phenoxy) is 1. The van der Waals surface area contributed by atoms with E-state index < -0.39 is 0 Å². The monoisotopic (exact) mass is 434 g/mol. The normalized spacial score (nSPS) is 11.1. The molecule has 0 spiro atoms. The summed E-state index contributed by atoms with van der Waals surface area (Å²) in [5.74, 6) is 0.459. The van der Waals surface area contributed by atoms with E-state index in [4.69, 9.17) is 4.74 Å². The number of rotatable bonds is 10. The molecule has 160 valence electrons. The van der Waals surface area contributed by atoms with Crippen molar-refractivity contribution in [3.63, 3.8) is 0 Å². The number of aryl methyl sites for hydroxylation is 1. The van der Waals surface area contributed by atoms with Crippen LogP contribution in [0.5, 0.6) is 0 Å². The number of fused-ring (bicyclic) bond motifs is 1. The van der Waals surface area contributed by atoms with Crippen LogP contribution in [-0.4, -0.2) is 33.7 Å². The summed E-state index contributed by atoms with van der Waals surface area (Å²) < 4.78 is 7.51. The summed E-state index contributed by atoms with van der Waals surface area (Å²) in [6.45, 7) is 4.10. The zero-order chi connectivity index (χ0) is 21.5. The quantitative estimate of drug-likeness (QED) is 0.368. The molecule has 0 aliphatic heterocycles. The van der Waals surface area contributed by atoms with Gasteiger partial charge >= 0.3 is 0 Å². The first-order valence-corrected chi connectivity index (χ1v) is 11.4. The van der Waals surface area contributed by atoms with Crippen LogP contribution in [0.2, 0.25) is 0 Å². The van der Waals surface area contributed by atoms with Crippen molar-refractivity contribution in [3.05, 3.63) is 76.2 Å². The molecule has 0 atom stereocenters. The van der Waals surface area contributed by atoms with Crippen LogP contribution in [0.3, 0.4) is 0 Å². The van der Waals surface area contributed by atoms with Gasteiger partial charge in [-0.25, -0.2) is 9.97 Å². The predicted octanol–water partition coefficient (Wildman–Crippen LogP) is 4.69. The number of imidazole rings is 1. The maximum absolute atomic E-state index is 12.7. The molecule has 2 aromatic heterocycles. The second-order valence-electron chi connectivity index (χ2n) is 7.25. The van der Waals surface area contributed by atoms with E-state index in [9.17, 15) is 4.79 Å². The largest absolute Gasteiger partial charge is 0.382 e. The molecule has 0 fully saturated rings. The summed E-state index contributed by atoms with van der Waals surface area (Å²) in [7, 11) is 0. The van der Waals surface area contributed by atoms with Crippen molar-refractivity contribution in [2.24, 2.45) is 0 Å². The van der Waals surface area contributed by atoms with Crippen LogP contribution in [0.1, 0.15) is 29.6 Å². The van der Waals surface area contributed by atoms with Crippen molar-refractivity contribution in [1.82, 2.24) is 14.5 Å². The highest BCUT2D eigenvalue weighted by molar-refractivity contribution is 7.09. The number of nitrogens with zero attached hydrogens (tertiary/aromatic N) is 3. The lowest BCUT2D eigenvalue weighted by molar-refractivity contribution is -0.115. The minimum absolute atomic E-state index is 0.113. The van der Waals surface area contributed by atoms with Gasteiger partial charge in [0, 0.05) is 31.6 Å². The smallest absolute Gasteiger partial charge is 0.232 e. The van der Waals surface area contributed by atoms with Gasteiger partial charge in [0.2, 0.25) is 11.9 Å². The van der Waals surface area contributed by atoms with Crippen molar-refractivity contribution < 1.29 is 9.53 Å². The van der Waals surface area contributed by atoms with E-state index in [2.05, 4.69) is 27.4 Å². The van der Waals surface area contributed by atoms with Crippen LogP contribution >= 0.6 is 11.3 Å². The number of nitrogens with one attached hydrogen (secondary N) is 1. The Balaban J connectivity index is 1.42. The molecule has 0 aliphatic rings. The summed E-state index contributed by atoms with van der Waals surface area (Å²) in [5.41, 5.74) is 3.88. The number of anilines is 1. The topological polar surface area (TPSA) is 69.0 Å². The molecule has 1 N–H and O–H groups in total. The lowest BCUT2D eigenvalue weighted by Crippen LogP contribution is -2.18. The fourth-order valence-electron chi connectivity index (χ4n) is 3.48. The summed E-state index contributed by atoms with van der Waals surface area (Å²) in [5, 5.41) is 5.96. The Morgan fingerprint density at radius 2 is 1.90 bits per heavy atom. The Hall–Kier alpha value is -3.03. The summed E-state index contributed by atoms with van der Waals surface area (Å²) in [6.07, 6.45) is 1.86. The van der Waals surface area contributed by atoms with Gasteiger partial charge in [0.1, 0.15) is 0 Å². The van der Waals surface area contributed by atoms with Crippen molar-refractivity contribution in [1.29, 1.82) is 0 Å². The number of aromatic nitrogens is 3. The molecule has 4 aromatic rings. The summed E-state index contributed by atoms with van der Waals surface area (Å²) in [6, 6.07) is 18.1. The van der Waals surface area contributed by atoms with Crippen LogP contribution in [-0.2, 0) is 28.9 Å². The highest BCUT2D eigenvalue weighted by atomic mass is 32.1. The number of carbonyl (C=O) groups excluding carboxylic acids is 1. The van der Waals surface area contributed by atoms with Crippen molar-refractivity contribution in [2.75, 3.05) is 18.5 Å². The summed E-state index contributed by atoms with van der Waals surface area (Å²) in [4.78, 5) is 22.0. The number of amides is 1. The van der Waals surface area contributed by atoms with Crippen molar-refractivity contribution >= 4 is 34.2 Å². The van der Waals surface area contributed by atoms with Crippen LogP contribution in [0.4, 0.5) is 5.95 Å². The van der Waals surface area contributed by atoms with Gasteiger partial charge in [-0.1, -0.05) is 42.5 Å². The second kappa shape index (κ2) is 10.3. The maximum atomic E-state index is 12.7. The molecule has 0 unspecified atom stereocenters. The molecule has 31 heavy (non-hydrogen) atoms. The molecule has 2 heterocycles. The molecular weight excluding hydrogens is 408 g/mol. The van der Waals surface area contributed by atoms with Crippen LogP contribution in [0.15, 0.2) is 60.0 Å². The Morgan fingerprint density at radius 3 is 2.74 bits per heavy atom. The number of para-hydroxylation sites is 2. The number of hydrogen-bond acceptors (Lipinski definition) is 5. The van der Waals surface area contributed by atoms with Crippen LogP contribution in [0, 0.1) is 0 Å². The average Bonchev–Trinajstić information content (AvgIpc) is 3.35. The van der Waals surface area contributed by atoms with Crippen LogP contribution < -0.4 is 5.32 Å². The first-order chi connectivity index (χ1) is 15.2. The average molecular weight is 435 g/mol. The van der Waals surface area contributed by atoms with Gasteiger partial charge in [-0.3, -0.25) is 10.1 Å².